The second-order valence-electron chi connectivity index (χ2n) is 2.97. The standard InChI is InChI=1S/C10H9ClN2OS/c1-6(15)10(14)13-9-4-8(11)3-2-7(9)5-12/h2-4,6,15H,1H3,(H,13,14). The Bertz CT molecular complexity index is 426. The minimum Gasteiger partial charge on any atom is -0.324 e. The second kappa shape index (κ2) is 5.06. The van der Waals surface area contributed by atoms with Gasteiger partial charge in [-0.1, -0.05) is 11.6 Å². The maximum absolute atomic E-state index is 11.4. The largest absolute Gasteiger partial charge is 0.324 e. The molecule has 0 spiro atoms. The molecule has 0 aliphatic heterocycles. The third kappa shape index (κ3) is 3.15. The fourth-order valence-electron chi connectivity index (χ4n) is 0.955. The predicted octanol–water partition coefficient (Wildman–Crippen LogP) is 2.47. The van der Waals surface area contributed by atoms with E-state index in [4.69, 9.17) is 16.9 Å². The maximum atomic E-state index is 11.4. The number of nitriles is 1. The lowest BCUT2D eigenvalue weighted by Gasteiger charge is -2.08. The molecule has 0 saturated carbocycles. The molecule has 0 heterocycles. The van der Waals surface area contributed by atoms with E-state index in [0.29, 0.717) is 16.3 Å². The molecule has 0 saturated heterocycles. The van der Waals surface area contributed by atoms with Gasteiger partial charge in [-0.25, -0.2) is 0 Å². The summed E-state index contributed by atoms with van der Waals surface area (Å²) in [5, 5.41) is 11.4. The van der Waals surface area contributed by atoms with Crippen LogP contribution in [0.3, 0.4) is 0 Å². The first-order valence-corrected chi connectivity index (χ1v) is 5.12. The number of rotatable bonds is 2. The zero-order valence-electron chi connectivity index (χ0n) is 7.99. The van der Waals surface area contributed by atoms with Crippen LogP contribution in [0, 0.1) is 11.3 Å². The van der Waals surface area contributed by atoms with E-state index in [-0.39, 0.29) is 5.91 Å². The highest BCUT2D eigenvalue weighted by molar-refractivity contribution is 7.81. The second-order valence-corrected chi connectivity index (χ2v) is 4.18. The summed E-state index contributed by atoms with van der Waals surface area (Å²) in [4.78, 5) is 11.4. The lowest BCUT2D eigenvalue weighted by molar-refractivity contribution is -0.115. The van der Waals surface area contributed by atoms with Crippen LogP contribution in [-0.4, -0.2) is 11.2 Å². The number of carbonyl (C=O) groups is 1. The minimum absolute atomic E-state index is 0.267. The zero-order chi connectivity index (χ0) is 11.4. The third-order valence-corrected chi connectivity index (χ3v) is 2.21. The normalized spacial score (nSPS) is 11.6. The molecule has 3 nitrogen and oxygen atoms in total. The van der Waals surface area contributed by atoms with Gasteiger partial charge in [0, 0.05) is 5.02 Å². The van der Waals surface area contributed by atoms with Crippen molar-refractivity contribution in [3.05, 3.63) is 28.8 Å². The van der Waals surface area contributed by atoms with Gasteiger partial charge in [0.15, 0.2) is 0 Å². The lowest BCUT2D eigenvalue weighted by Crippen LogP contribution is -2.20. The van der Waals surface area contributed by atoms with E-state index in [1.165, 1.54) is 6.07 Å². The van der Waals surface area contributed by atoms with Crippen molar-refractivity contribution in [3.63, 3.8) is 0 Å². The Balaban J connectivity index is 2.98. The number of nitrogens with zero attached hydrogens (tertiary/aromatic N) is 1. The summed E-state index contributed by atoms with van der Waals surface area (Å²) in [6.07, 6.45) is 0. The van der Waals surface area contributed by atoms with Crippen LogP contribution in [0.2, 0.25) is 5.02 Å². The Kier molecular flexibility index (Phi) is 4.01. The Hall–Kier alpha value is -1.18. The highest BCUT2D eigenvalue weighted by Gasteiger charge is 2.10. The van der Waals surface area contributed by atoms with E-state index in [1.54, 1.807) is 19.1 Å². The van der Waals surface area contributed by atoms with Crippen molar-refractivity contribution in [2.45, 2.75) is 12.2 Å². The van der Waals surface area contributed by atoms with Gasteiger partial charge in [0.2, 0.25) is 5.91 Å². The number of carbonyl (C=O) groups excluding carboxylic acids is 1. The molecule has 1 N–H and O–H groups in total. The monoisotopic (exact) mass is 240 g/mol. The molecule has 0 bridgehead atoms. The molecule has 5 heteroatoms. The number of nitrogens with one attached hydrogen (secondary N) is 1. The number of hydrogen-bond acceptors (Lipinski definition) is 3. The SMILES string of the molecule is CC(S)C(=O)Nc1cc(Cl)ccc1C#N. The van der Waals surface area contributed by atoms with Crippen molar-refractivity contribution in [2.24, 2.45) is 0 Å². The molecule has 78 valence electrons. The Morgan fingerprint density at radius 2 is 2.33 bits per heavy atom. The van der Waals surface area contributed by atoms with Crippen molar-refractivity contribution >= 4 is 35.8 Å². The molecule has 0 aliphatic carbocycles. The molecular formula is C10H9ClN2OS. The summed E-state index contributed by atoms with van der Waals surface area (Å²) in [6, 6.07) is 6.66. The molecular weight excluding hydrogens is 232 g/mol. The molecule has 1 atom stereocenters. The zero-order valence-corrected chi connectivity index (χ0v) is 9.64. The van der Waals surface area contributed by atoms with Gasteiger partial charge in [-0.15, -0.1) is 0 Å². The topological polar surface area (TPSA) is 52.9 Å². The highest BCUT2D eigenvalue weighted by Crippen LogP contribution is 2.20. The van der Waals surface area contributed by atoms with E-state index >= 15 is 0 Å². The average Bonchev–Trinajstić information content (AvgIpc) is 2.18. The van der Waals surface area contributed by atoms with Crippen LogP contribution in [0.5, 0.6) is 0 Å². The Morgan fingerprint density at radius 3 is 2.87 bits per heavy atom. The molecule has 1 aromatic carbocycles. The van der Waals surface area contributed by atoms with Crippen molar-refractivity contribution in [2.75, 3.05) is 5.32 Å². The Labute approximate surface area is 98.5 Å². The van der Waals surface area contributed by atoms with Crippen LogP contribution in [0.25, 0.3) is 0 Å². The highest BCUT2D eigenvalue weighted by atomic mass is 35.5. The molecule has 0 radical (unpaired) electrons. The number of benzene rings is 1. The van der Waals surface area contributed by atoms with Gasteiger partial charge in [0.25, 0.3) is 0 Å². The summed E-state index contributed by atoms with van der Waals surface area (Å²) in [7, 11) is 0. The summed E-state index contributed by atoms with van der Waals surface area (Å²) in [5.74, 6) is -0.267. The fraction of sp³-hybridized carbons (Fsp3) is 0.200. The fourth-order valence-corrected chi connectivity index (χ4v) is 1.19. The van der Waals surface area contributed by atoms with Crippen molar-refractivity contribution < 1.29 is 4.79 Å². The van der Waals surface area contributed by atoms with Gasteiger partial charge >= 0.3 is 0 Å². The molecule has 0 fully saturated rings. The van der Waals surface area contributed by atoms with Crippen LogP contribution in [0.15, 0.2) is 18.2 Å². The van der Waals surface area contributed by atoms with Crippen LogP contribution >= 0.6 is 24.2 Å². The molecule has 15 heavy (non-hydrogen) atoms. The summed E-state index contributed by atoms with van der Waals surface area (Å²) < 4.78 is 0. The number of anilines is 1. The van der Waals surface area contributed by atoms with Crippen LogP contribution in [0.4, 0.5) is 5.69 Å². The minimum atomic E-state index is -0.435. The maximum Gasteiger partial charge on any atom is 0.236 e. The summed E-state index contributed by atoms with van der Waals surface area (Å²) >= 11 is 9.74. The van der Waals surface area contributed by atoms with Gasteiger partial charge in [-0.2, -0.15) is 17.9 Å². The molecule has 1 amide bonds. The molecule has 0 aromatic heterocycles. The smallest absolute Gasteiger partial charge is 0.236 e. The number of amides is 1. The number of hydrogen-bond donors (Lipinski definition) is 2. The predicted molar refractivity (Wildman–Crippen MR) is 63.2 cm³/mol. The van der Waals surface area contributed by atoms with E-state index in [1.807, 2.05) is 6.07 Å². The lowest BCUT2D eigenvalue weighted by atomic mass is 10.2. The van der Waals surface area contributed by atoms with E-state index in [0.717, 1.165) is 0 Å². The van der Waals surface area contributed by atoms with Gasteiger partial charge in [-0.05, 0) is 25.1 Å². The quantitative estimate of drug-likeness (QED) is 0.781. The van der Waals surface area contributed by atoms with Crippen molar-refractivity contribution in [1.82, 2.24) is 0 Å². The van der Waals surface area contributed by atoms with Crippen LogP contribution in [0.1, 0.15) is 12.5 Å². The van der Waals surface area contributed by atoms with E-state index in [2.05, 4.69) is 17.9 Å². The first-order valence-electron chi connectivity index (χ1n) is 4.23. The van der Waals surface area contributed by atoms with Crippen LogP contribution in [-0.2, 0) is 4.79 Å². The first kappa shape index (κ1) is 11.9. The van der Waals surface area contributed by atoms with Crippen molar-refractivity contribution in [1.29, 1.82) is 5.26 Å². The molecule has 1 rings (SSSR count). The Morgan fingerprint density at radius 1 is 1.67 bits per heavy atom. The number of thiol groups is 1. The number of halogens is 1. The van der Waals surface area contributed by atoms with Gasteiger partial charge in [0.1, 0.15) is 6.07 Å². The molecule has 1 unspecified atom stereocenters. The summed E-state index contributed by atoms with van der Waals surface area (Å²) in [5.41, 5.74) is 0.789. The van der Waals surface area contributed by atoms with Crippen molar-refractivity contribution in [3.8, 4) is 6.07 Å². The van der Waals surface area contributed by atoms with Gasteiger partial charge in [-0.3, -0.25) is 4.79 Å². The average molecular weight is 241 g/mol. The molecule has 1 aromatic rings. The van der Waals surface area contributed by atoms with Gasteiger partial charge in [0.05, 0.1) is 16.5 Å². The molecule has 0 aliphatic rings. The van der Waals surface area contributed by atoms with E-state index < -0.39 is 5.25 Å². The first-order chi connectivity index (χ1) is 7.04. The third-order valence-electron chi connectivity index (χ3n) is 1.74. The van der Waals surface area contributed by atoms with Gasteiger partial charge < -0.3 is 5.32 Å². The van der Waals surface area contributed by atoms with E-state index in [9.17, 15) is 4.79 Å². The summed E-state index contributed by atoms with van der Waals surface area (Å²) in [6.45, 7) is 1.65. The van der Waals surface area contributed by atoms with Crippen LogP contribution < -0.4 is 5.32 Å².